The summed E-state index contributed by atoms with van der Waals surface area (Å²) in [7, 11) is 0. The lowest BCUT2D eigenvalue weighted by molar-refractivity contribution is 0.103. The molecule has 0 aliphatic rings. The molecule has 1 aromatic carbocycles. The third-order valence-corrected chi connectivity index (χ3v) is 3.48. The van der Waals surface area contributed by atoms with Crippen LogP contribution in [0, 0.1) is 23.5 Å². The molecule has 21 heavy (non-hydrogen) atoms. The Hall–Kier alpha value is -2.23. The van der Waals surface area contributed by atoms with Gasteiger partial charge in [-0.1, -0.05) is 17.9 Å². The van der Waals surface area contributed by atoms with E-state index in [1.165, 1.54) is 12.1 Å². The van der Waals surface area contributed by atoms with E-state index in [-0.39, 0.29) is 12.3 Å². The van der Waals surface area contributed by atoms with Crippen molar-refractivity contribution in [1.29, 1.82) is 0 Å². The lowest BCUT2D eigenvalue weighted by Crippen LogP contribution is -2.11. The van der Waals surface area contributed by atoms with Crippen LogP contribution in [0.2, 0.25) is 0 Å². The molecule has 6 heteroatoms. The molecule has 1 heterocycles. The second kappa shape index (κ2) is 6.97. The van der Waals surface area contributed by atoms with Crippen molar-refractivity contribution in [1.82, 2.24) is 0 Å². The number of aliphatic hydroxyl groups is 1. The molecule has 0 fully saturated rings. The van der Waals surface area contributed by atoms with Crippen LogP contribution in [-0.2, 0) is 0 Å². The van der Waals surface area contributed by atoms with Gasteiger partial charge in [0.05, 0.1) is 22.0 Å². The number of aliphatic hydroxyl groups excluding tert-OH is 1. The summed E-state index contributed by atoms with van der Waals surface area (Å²) in [5.74, 6) is 2.90. The van der Waals surface area contributed by atoms with Gasteiger partial charge in [0, 0.05) is 6.42 Å². The minimum Gasteiger partial charge on any atom is -0.395 e. The number of carbonyl (C=O) groups excluding carboxylic acids is 1. The molecule has 0 bridgehead atoms. The van der Waals surface area contributed by atoms with Crippen LogP contribution in [0.1, 0.15) is 21.0 Å². The average Bonchev–Trinajstić information content (AvgIpc) is 2.93. The number of hydrogen-bond donors (Lipinski definition) is 2. The van der Waals surface area contributed by atoms with Crippen LogP contribution in [0.4, 0.5) is 14.5 Å². The van der Waals surface area contributed by atoms with Gasteiger partial charge in [0.15, 0.2) is 11.6 Å². The third kappa shape index (κ3) is 3.88. The number of thiophene rings is 1. The number of hydrogen-bond acceptors (Lipinski definition) is 3. The first-order valence-corrected chi connectivity index (χ1v) is 6.88. The summed E-state index contributed by atoms with van der Waals surface area (Å²) >= 11 is 1.14. The highest BCUT2D eigenvalue weighted by Gasteiger charge is 2.13. The van der Waals surface area contributed by atoms with Crippen LogP contribution >= 0.6 is 11.3 Å². The lowest BCUT2D eigenvalue weighted by Gasteiger charge is -2.04. The van der Waals surface area contributed by atoms with E-state index in [2.05, 4.69) is 17.2 Å². The van der Waals surface area contributed by atoms with Crippen molar-refractivity contribution in [3.63, 3.8) is 0 Å². The quantitative estimate of drug-likeness (QED) is 0.856. The fourth-order valence-electron chi connectivity index (χ4n) is 1.52. The predicted octanol–water partition coefficient (Wildman–Crippen LogP) is 3.01. The molecule has 0 unspecified atom stereocenters. The Morgan fingerprint density at radius 3 is 2.86 bits per heavy atom. The van der Waals surface area contributed by atoms with E-state index in [9.17, 15) is 13.6 Å². The number of rotatable bonds is 3. The van der Waals surface area contributed by atoms with E-state index in [1.54, 1.807) is 12.1 Å². The van der Waals surface area contributed by atoms with Gasteiger partial charge < -0.3 is 10.4 Å². The molecule has 1 amide bonds. The molecule has 2 N–H and O–H groups in total. The number of amides is 1. The number of carbonyl (C=O) groups is 1. The lowest BCUT2D eigenvalue weighted by atomic mass is 10.3. The molecule has 2 aromatic rings. The number of anilines is 1. The van der Waals surface area contributed by atoms with Crippen molar-refractivity contribution in [2.24, 2.45) is 0 Å². The number of nitrogens with one attached hydrogen (secondary N) is 1. The summed E-state index contributed by atoms with van der Waals surface area (Å²) < 4.78 is 26.5. The Balaban J connectivity index is 2.11. The molecule has 0 saturated carbocycles. The van der Waals surface area contributed by atoms with E-state index >= 15 is 0 Å². The summed E-state index contributed by atoms with van der Waals surface area (Å²) in [5.41, 5.74) is -0.207. The monoisotopic (exact) mass is 307 g/mol. The summed E-state index contributed by atoms with van der Waals surface area (Å²) in [5, 5.41) is 10.9. The van der Waals surface area contributed by atoms with Gasteiger partial charge in [-0.25, -0.2) is 8.78 Å². The Bertz CT molecular complexity index is 716. The highest BCUT2D eigenvalue weighted by atomic mass is 32.1. The highest BCUT2D eigenvalue weighted by molar-refractivity contribution is 7.14. The van der Waals surface area contributed by atoms with Gasteiger partial charge in [0.1, 0.15) is 0 Å². The molecule has 0 spiro atoms. The zero-order valence-corrected chi connectivity index (χ0v) is 11.6. The standard InChI is InChI=1S/C15H11F2NO2S/c16-11-5-3-6-12(14(11)17)18-15(20)13-8-7-10(21-13)4-1-2-9-19/h3,5-8,19H,2,9H2,(H,18,20). The fourth-order valence-corrected chi connectivity index (χ4v) is 2.29. The maximum Gasteiger partial charge on any atom is 0.265 e. The minimum atomic E-state index is -1.09. The zero-order valence-electron chi connectivity index (χ0n) is 10.8. The van der Waals surface area contributed by atoms with Gasteiger partial charge in [-0.15, -0.1) is 11.3 Å². The zero-order chi connectivity index (χ0) is 15.2. The Labute approximate surface area is 124 Å². The normalized spacial score (nSPS) is 9.86. The Morgan fingerprint density at radius 2 is 2.10 bits per heavy atom. The molecule has 108 valence electrons. The van der Waals surface area contributed by atoms with Gasteiger partial charge in [-0.2, -0.15) is 0 Å². The van der Waals surface area contributed by atoms with E-state index < -0.39 is 17.5 Å². The molecule has 2 rings (SSSR count). The van der Waals surface area contributed by atoms with Gasteiger partial charge in [-0.05, 0) is 24.3 Å². The van der Waals surface area contributed by atoms with Crippen molar-refractivity contribution < 1.29 is 18.7 Å². The number of halogens is 2. The van der Waals surface area contributed by atoms with Crippen LogP contribution in [-0.4, -0.2) is 17.6 Å². The predicted molar refractivity (Wildman–Crippen MR) is 77.2 cm³/mol. The number of benzene rings is 1. The van der Waals surface area contributed by atoms with Crippen LogP contribution in [0.3, 0.4) is 0 Å². The molecule has 0 radical (unpaired) electrons. The minimum absolute atomic E-state index is 0.0232. The maximum atomic E-state index is 13.5. The van der Waals surface area contributed by atoms with E-state index in [4.69, 9.17) is 5.11 Å². The molecule has 0 saturated heterocycles. The smallest absolute Gasteiger partial charge is 0.265 e. The average molecular weight is 307 g/mol. The maximum absolute atomic E-state index is 13.5. The van der Waals surface area contributed by atoms with E-state index in [0.717, 1.165) is 17.4 Å². The Kier molecular flexibility index (Phi) is 5.04. The molecule has 1 aromatic heterocycles. The van der Waals surface area contributed by atoms with Gasteiger partial charge in [-0.3, -0.25) is 4.79 Å². The van der Waals surface area contributed by atoms with Crippen molar-refractivity contribution in [2.45, 2.75) is 6.42 Å². The van der Waals surface area contributed by atoms with Crippen LogP contribution in [0.25, 0.3) is 0 Å². The Morgan fingerprint density at radius 1 is 1.29 bits per heavy atom. The molecule has 0 atom stereocenters. The summed E-state index contributed by atoms with van der Waals surface area (Å²) in [6, 6.07) is 6.79. The molecule has 0 aliphatic carbocycles. The van der Waals surface area contributed by atoms with Gasteiger partial charge >= 0.3 is 0 Å². The second-order valence-electron chi connectivity index (χ2n) is 3.99. The first-order valence-electron chi connectivity index (χ1n) is 6.06. The highest BCUT2D eigenvalue weighted by Crippen LogP contribution is 2.20. The van der Waals surface area contributed by atoms with E-state index in [0.29, 0.717) is 16.2 Å². The van der Waals surface area contributed by atoms with Crippen LogP contribution in [0.15, 0.2) is 30.3 Å². The van der Waals surface area contributed by atoms with Crippen molar-refractivity contribution >= 4 is 22.9 Å². The van der Waals surface area contributed by atoms with Crippen molar-refractivity contribution in [3.05, 3.63) is 51.7 Å². The van der Waals surface area contributed by atoms with Crippen LogP contribution in [0.5, 0.6) is 0 Å². The molecule has 0 aliphatic heterocycles. The summed E-state index contributed by atoms with van der Waals surface area (Å²) in [4.78, 5) is 12.9. The van der Waals surface area contributed by atoms with Gasteiger partial charge in [0.25, 0.3) is 5.91 Å². The summed E-state index contributed by atoms with van der Waals surface area (Å²) in [6.07, 6.45) is 0.355. The molecule has 3 nitrogen and oxygen atoms in total. The first kappa shape index (κ1) is 15.2. The second-order valence-corrected chi connectivity index (χ2v) is 5.08. The molecular weight excluding hydrogens is 296 g/mol. The summed E-state index contributed by atoms with van der Waals surface area (Å²) in [6.45, 7) is -0.0232. The van der Waals surface area contributed by atoms with Crippen molar-refractivity contribution in [3.8, 4) is 11.8 Å². The SMILES string of the molecule is O=C(Nc1cccc(F)c1F)c1ccc(C#CCCO)s1. The van der Waals surface area contributed by atoms with Crippen LogP contribution < -0.4 is 5.32 Å². The van der Waals surface area contributed by atoms with Crippen molar-refractivity contribution in [2.75, 3.05) is 11.9 Å². The largest absolute Gasteiger partial charge is 0.395 e. The fraction of sp³-hybridized carbons (Fsp3) is 0.133. The van der Waals surface area contributed by atoms with Gasteiger partial charge in [0.2, 0.25) is 0 Å². The topological polar surface area (TPSA) is 49.3 Å². The van der Waals surface area contributed by atoms with E-state index in [1.807, 2.05) is 0 Å². The first-order chi connectivity index (χ1) is 10.1. The molecular formula is C15H11F2NO2S. The third-order valence-electron chi connectivity index (χ3n) is 2.48.